The number of para-hydroxylation sites is 1. The Morgan fingerprint density at radius 2 is 1.83 bits per heavy atom. The van der Waals surface area contributed by atoms with Crippen LogP contribution in [0.25, 0.3) is 11.8 Å². The maximum absolute atomic E-state index is 12.2. The van der Waals surface area contributed by atoms with Gasteiger partial charge in [-0.2, -0.15) is 5.10 Å². The second kappa shape index (κ2) is 8.64. The van der Waals surface area contributed by atoms with Gasteiger partial charge in [0.15, 0.2) is 0 Å². The number of carbonyl (C=O) groups is 1. The molecule has 0 aliphatic heterocycles. The lowest BCUT2D eigenvalue weighted by atomic mass is 10.3. The van der Waals surface area contributed by atoms with Gasteiger partial charge in [-0.1, -0.05) is 18.2 Å². The molecule has 7 nitrogen and oxygen atoms in total. The molecule has 154 valence electrons. The van der Waals surface area contributed by atoms with Gasteiger partial charge in [-0.3, -0.25) is 4.79 Å². The zero-order valence-electron chi connectivity index (χ0n) is 16.2. The minimum atomic E-state index is -3.51. The normalized spacial score (nSPS) is 14.1. The largest absolute Gasteiger partial charge is 0.323 e. The van der Waals surface area contributed by atoms with Crippen LogP contribution < -0.4 is 10.0 Å². The van der Waals surface area contributed by atoms with Crippen LogP contribution in [0.1, 0.15) is 18.4 Å². The number of anilines is 1. The van der Waals surface area contributed by atoms with Crippen LogP contribution >= 0.6 is 0 Å². The molecular formula is C22H22N4O3S. The van der Waals surface area contributed by atoms with E-state index in [1.165, 1.54) is 18.2 Å². The predicted molar refractivity (Wildman–Crippen MR) is 116 cm³/mol. The number of amides is 1. The molecule has 1 heterocycles. The van der Waals surface area contributed by atoms with Crippen molar-refractivity contribution >= 4 is 27.7 Å². The highest BCUT2D eigenvalue weighted by atomic mass is 32.2. The van der Waals surface area contributed by atoms with Gasteiger partial charge in [-0.25, -0.2) is 17.8 Å². The molecule has 0 unspecified atom stereocenters. The van der Waals surface area contributed by atoms with Gasteiger partial charge in [0.05, 0.1) is 16.8 Å². The summed E-state index contributed by atoms with van der Waals surface area (Å²) < 4.78 is 28.8. The number of hydrogen-bond acceptors (Lipinski definition) is 4. The number of carbonyl (C=O) groups excluding carboxylic acids is 1. The number of benzene rings is 2. The standard InChI is InChI=1S/C22H22N4O3S/c27-22(13-8-18-14-23-26(16-18)20-4-2-1-3-5-20)25-19-9-11-21(12-10-19)30(28,29)24-15-17-6-7-17/h1-5,8-14,16-17,24H,6-7,15H2,(H,25,27). The van der Waals surface area contributed by atoms with Gasteiger partial charge >= 0.3 is 0 Å². The zero-order chi connectivity index (χ0) is 21.0. The SMILES string of the molecule is O=C(C=Cc1cnn(-c2ccccc2)c1)Nc1ccc(S(=O)(=O)NCC2CC2)cc1. The summed E-state index contributed by atoms with van der Waals surface area (Å²) in [6.07, 6.45) is 8.73. The van der Waals surface area contributed by atoms with E-state index in [4.69, 9.17) is 0 Å². The predicted octanol–water partition coefficient (Wildman–Crippen LogP) is 3.21. The Labute approximate surface area is 175 Å². The Balaban J connectivity index is 1.34. The molecule has 8 heteroatoms. The van der Waals surface area contributed by atoms with Crippen molar-refractivity contribution in [3.05, 3.63) is 78.6 Å². The molecule has 0 spiro atoms. The number of nitrogens with one attached hydrogen (secondary N) is 2. The Kier molecular flexibility index (Phi) is 5.78. The van der Waals surface area contributed by atoms with E-state index in [0.717, 1.165) is 24.1 Å². The zero-order valence-corrected chi connectivity index (χ0v) is 17.0. The van der Waals surface area contributed by atoms with Crippen molar-refractivity contribution in [1.82, 2.24) is 14.5 Å². The highest BCUT2D eigenvalue weighted by molar-refractivity contribution is 7.89. The molecule has 0 saturated heterocycles. The monoisotopic (exact) mass is 422 g/mol. The molecule has 3 aromatic rings. The van der Waals surface area contributed by atoms with Gasteiger partial charge in [0.25, 0.3) is 0 Å². The smallest absolute Gasteiger partial charge is 0.248 e. The Hall–Kier alpha value is -3.23. The van der Waals surface area contributed by atoms with Crippen LogP contribution in [0.5, 0.6) is 0 Å². The van der Waals surface area contributed by atoms with Crippen LogP contribution in [-0.4, -0.2) is 30.7 Å². The van der Waals surface area contributed by atoms with Crippen molar-refractivity contribution in [1.29, 1.82) is 0 Å². The van der Waals surface area contributed by atoms with E-state index in [2.05, 4.69) is 15.1 Å². The summed E-state index contributed by atoms with van der Waals surface area (Å²) in [4.78, 5) is 12.4. The number of aromatic nitrogens is 2. The van der Waals surface area contributed by atoms with E-state index in [0.29, 0.717) is 18.2 Å². The highest BCUT2D eigenvalue weighted by Gasteiger charge is 2.24. The summed E-state index contributed by atoms with van der Waals surface area (Å²) in [6, 6.07) is 15.8. The lowest BCUT2D eigenvalue weighted by Crippen LogP contribution is -2.25. The second-order valence-corrected chi connectivity index (χ2v) is 8.96. The first kappa shape index (κ1) is 20.1. The molecule has 30 heavy (non-hydrogen) atoms. The van der Waals surface area contributed by atoms with Gasteiger partial charge in [-0.05, 0) is 61.2 Å². The van der Waals surface area contributed by atoms with Crippen molar-refractivity contribution in [3.8, 4) is 5.69 Å². The molecule has 1 aliphatic rings. The van der Waals surface area contributed by atoms with Crippen molar-refractivity contribution in [2.75, 3.05) is 11.9 Å². The number of rotatable bonds is 8. The Morgan fingerprint density at radius 1 is 1.10 bits per heavy atom. The molecular weight excluding hydrogens is 400 g/mol. The van der Waals surface area contributed by atoms with Crippen molar-refractivity contribution < 1.29 is 13.2 Å². The third kappa shape index (κ3) is 5.22. The molecule has 1 aliphatic carbocycles. The molecule has 1 aromatic heterocycles. The first-order valence-corrected chi connectivity index (χ1v) is 11.2. The van der Waals surface area contributed by atoms with E-state index in [9.17, 15) is 13.2 Å². The second-order valence-electron chi connectivity index (χ2n) is 7.20. The van der Waals surface area contributed by atoms with Gasteiger partial charge in [0, 0.05) is 30.1 Å². The van der Waals surface area contributed by atoms with Crippen LogP contribution in [0.4, 0.5) is 5.69 Å². The number of nitrogens with zero attached hydrogens (tertiary/aromatic N) is 2. The summed E-state index contributed by atoms with van der Waals surface area (Å²) in [5.74, 6) is 0.148. The average molecular weight is 423 g/mol. The molecule has 1 amide bonds. The number of sulfonamides is 1. The fourth-order valence-corrected chi connectivity index (χ4v) is 3.97. The summed E-state index contributed by atoms with van der Waals surface area (Å²) in [5.41, 5.74) is 2.24. The topological polar surface area (TPSA) is 93.1 Å². The van der Waals surface area contributed by atoms with E-state index in [-0.39, 0.29) is 10.8 Å². The molecule has 0 atom stereocenters. The summed E-state index contributed by atoms with van der Waals surface area (Å²) >= 11 is 0. The minimum absolute atomic E-state index is 0.185. The first-order chi connectivity index (χ1) is 14.5. The van der Waals surface area contributed by atoms with Crippen LogP contribution in [0.3, 0.4) is 0 Å². The maximum Gasteiger partial charge on any atom is 0.248 e. The van der Waals surface area contributed by atoms with Crippen molar-refractivity contribution in [2.24, 2.45) is 5.92 Å². The quantitative estimate of drug-likeness (QED) is 0.545. The molecule has 0 radical (unpaired) electrons. The molecule has 2 N–H and O–H groups in total. The Bertz CT molecular complexity index is 1150. The fourth-order valence-electron chi connectivity index (χ4n) is 2.85. The molecule has 1 fully saturated rings. The van der Waals surface area contributed by atoms with Crippen molar-refractivity contribution in [2.45, 2.75) is 17.7 Å². The lowest BCUT2D eigenvalue weighted by Gasteiger charge is -2.07. The van der Waals surface area contributed by atoms with E-state index in [1.54, 1.807) is 29.1 Å². The summed E-state index contributed by atoms with van der Waals surface area (Å²) in [6.45, 7) is 0.479. The van der Waals surface area contributed by atoms with E-state index in [1.807, 2.05) is 36.5 Å². The fraction of sp³-hybridized carbons (Fsp3) is 0.182. The van der Waals surface area contributed by atoms with Gasteiger partial charge in [-0.15, -0.1) is 0 Å². The Morgan fingerprint density at radius 3 is 2.53 bits per heavy atom. The third-order valence-corrected chi connectivity index (χ3v) is 6.18. The lowest BCUT2D eigenvalue weighted by molar-refractivity contribution is -0.111. The van der Waals surface area contributed by atoms with Gasteiger partial charge in [0.2, 0.25) is 15.9 Å². The van der Waals surface area contributed by atoms with Crippen molar-refractivity contribution in [3.63, 3.8) is 0 Å². The van der Waals surface area contributed by atoms with Crippen LogP contribution in [0, 0.1) is 5.92 Å². The molecule has 1 saturated carbocycles. The van der Waals surface area contributed by atoms with Gasteiger partial charge in [0.1, 0.15) is 0 Å². The summed E-state index contributed by atoms with van der Waals surface area (Å²) in [7, 11) is -3.51. The minimum Gasteiger partial charge on any atom is -0.323 e. The third-order valence-electron chi connectivity index (χ3n) is 4.74. The van der Waals surface area contributed by atoms with Crippen LogP contribution in [-0.2, 0) is 14.8 Å². The van der Waals surface area contributed by atoms with Crippen LogP contribution in [0.2, 0.25) is 0 Å². The van der Waals surface area contributed by atoms with Gasteiger partial charge < -0.3 is 5.32 Å². The van der Waals surface area contributed by atoms with E-state index < -0.39 is 10.0 Å². The highest BCUT2D eigenvalue weighted by Crippen LogP contribution is 2.28. The summed E-state index contributed by atoms with van der Waals surface area (Å²) in [5, 5.41) is 7.00. The van der Waals surface area contributed by atoms with Crippen LogP contribution in [0.15, 0.2) is 78.0 Å². The molecule has 2 aromatic carbocycles. The first-order valence-electron chi connectivity index (χ1n) is 9.68. The maximum atomic E-state index is 12.2. The molecule has 4 rings (SSSR count). The number of hydrogen-bond donors (Lipinski definition) is 2. The molecule has 0 bridgehead atoms. The average Bonchev–Trinajstić information content (AvgIpc) is 3.47. The van der Waals surface area contributed by atoms with E-state index >= 15 is 0 Å².